The van der Waals surface area contributed by atoms with Gasteiger partial charge in [0, 0.05) is 56.3 Å². The summed E-state index contributed by atoms with van der Waals surface area (Å²) in [5.74, 6) is 0.432. The van der Waals surface area contributed by atoms with Gasteiger partial charge in [-0.3, -0.25) is 0 Å². The second-order valence-electron chi connectivity index (χ2n) is 7.16. The Bertz CT molecular complexity index is 613. The molecule has 0 spiro atoms. The van der Waals surface area contributed by atoms with Crippen LogP contribution in [0.4, 0.5) is 10.5 Å². The number of urea groups is 1. The first kappa shape index (κ1) is 14.7. The summed E-state index contributed by atoms with van der Waals surface area (Å²) in [6.45, 7) is 8.79. The van der Waals surface area contributed by atoms with Crippen molar-refractivity contribution < 1.29 is 4.79 Å². The van der Waals surface area contributed by atoms with Gasteiger partial charge in [0.05, 0.1) is 5.71 Å². The molecule has 122 valence electrons. The molecule has 23 heavy (non-hydrogen) atoms. The van der Waals surface area contributed by atoms with Crippen molar-refractivity contribution in [2.75, 3.05) is 44.6 Å². The summed E-state index contributed by atoms with van der Waals surface area (Å²) in [5, 5.41) is 7.35. The normalized spacial score (nSPS) is 36.7. The lowest BCUT2D eigenvalue weighted by molar-refractivity contribution is 0.130. The number of benzene rings is 1. The van der Waals surface area contributed by atoms with Gasteiger partial charge >= 0.3 is 6.03 Å². The number of carbonyl (C=O) groups excluding carboxylic acids is 1. The summed E-state index contributed by atoms with van der Waals surface area (Å²) in [4.78, 5) is 17.2. The van der Waals surface area contributed by atoms with Gasteiger partial charge in [-0.15, -0.1) is 0 Å². The molecular weight excluding hydrogens is 290 g/mol. The van der Waals surface area contributed by atoms with Crippen LogP contribution in [0.15, 0.2) is 35.4 Å². The summed E-state index contributed by atoms with van der Waals surface area (Å²) >= 11 is 0. The Morgan fingerprint density at radius 3 is 2.43 bits per heavy atom. The van der Waals surface area contributed by atoms with Crippen molar-refractivity contribution in [1.82, 2.24) is 15.2 Å². The highest BCUT2D eigenvalue weighted by molar-refractivity contribution is 5.96. The van der Waals surface area contributed by atoms with E-state index < -0.39 is 0 Å². The Balaban J connectivity index is 1.47. The molecule has 5 rings (SSSR count). The summed E-state index contributed by atoms with van der Waals surface area (Å²) in [6.07, 6.45) is 0. The molecule has 4 saturated heterocycles. The van der Waals surface area contributed by atoms with Crippen LogP contribution in [0.5, 0.6) is 0 Å². The zero-order chi connectivity index (χ0) is 15.9. The Morgan fingerprint density at radius 2 is 1.83 bits per heavy atom. The van der Waals surface area contributed by atoms with Crippen LogP contribution in [0.2, 0.25) is 0 Å². The van der Waals surface area contributed by atoms with E-state index in [9.17, 15) is 4.79 Å². The number of piperidine rings is 2. The first-order valence-corrected chi connectivity index (χ1v) is 8.27. The minimum atomic E-state index is -0.278. The predicted octanol–water partition coefficient (Wildman–Crippen LogP) is 1.43. The van der Waals surface area contributed by atoms with Gasteiger partial charge in [0.2, 0.25) is 0 Å². The zero-order valence-electron chi connectivity index (χ0n) is 13.5. The minimum absolute atomic E-state index is 0.0533. The van der Waals surface area contributed by atoms with Gasteiger partial charge in [-0.25, -0.2) is 10.2 Å². The molecule has 0 aromatic heterocycles. The standard InChI is InChI=1S/C17H23N5O/c1-17-11-21-7-8-22(12-17)10-13(9-21)15(17)19-20-16(23)18-14-5-3-2-4-6-14/h2-6,13H,7-12H2,1H3,(H2,18,20,23). The van der Waals surface area contributed by atoms with Crippen LogP contribution in [0.3, 0.4) is 0 Å². The van der Waals surface area contributed by atoms with Crippen LogP contribution in [0, 0.1) is 11.3 Å². The molecule has 6 nitrogen and oxygen atoms in total. The molecule has 2 unspecified atom stereocenters. The molecule has 1 aromatic rings. The number of fused-ring (bicyclic) bond motifs is 1. The maximum Gasteiger partial charge on any atom is 0.339 e. The fraction of sp³-hybridized carbons (Fsp3) is 0.529. The average Bonchev–Trinajstić information content (AvgIpc) is 2.74. The molecule has 0 aliphatic carbocycles. The highest BCUT2D eigenvalue weighted by Gasteiger charge is 2.49. The topological polar surface area (TPSA) is 60.0 Å². The van der Waals surface area contributed by atoms with Crippen molar-refractivity contribution in [2.45, 2.75) is 6.92 Å². The van der Waals surface area contributed by atoms with E-state index in [0.717, 1.165) is 50.7 Å². The van der Waals surface area contributed by atoms with Crippen LogP contribution >= 0.6 is 0 Å². The number of hydrogen-bond donors (Lipinski definition) is 2. The molecule has 4 fully saturated rings. The number of rotatable bonds is 2. The number of carbonyl (C=O) groups is 1. The second-order valence-corrected chi connectivity index (χ2v) is 7.16. The van der Waals surface area contributed by atoms with Crippen molar-refractivity contribution in [2.24, 2.45) is 16.4 Å². The Hall–Kier alpha value is -1.92. The van der Waals surface area contributed by atoms with Crippen molar-refractivity contribution in [3.63, 3.8) is 0 Å². The summed E-state index contributed by atoms with van der Waals surface area (Å²) in [5.41, 5.74) is 4.69. The third kappa shape index (κ3) is 2.84. The van der Waals surface area contributed by atoms with E-state index in [1.165, 1.54) is 0 Å². The first-order valence-electron chi connectivity index (χ1n) is 8.27. The molecular formula is C17H23N5O. The third-order valence-corrected chi connectivity index (χ3v) is 5.15. The van der Waals surface area contributed by atoms with E-state index in [2.05, 4.69) is 32.6 Å². The van der Waals surface area contributed by atoms with Gasteiger partial charge < -0.3 is 15.1 Å². The smallest absolute Gasteiger partial charge is 0.307 e. The summed E-state index contributed by atoms with van der Waals surface area (Å²) in [6, 6.07) is 9.16. The first-order chi connectivity index (χ1) is 11.1. The van der Waals surface area contributed by atoms with Crippen molar-refractivity contribution >= 4 is 17.4 Å². The maximum atomic E-state index is 12.1. The Kier molecular flexibility index (Phi) is 3.58. The van der Waals surface area contributed by atoms with Gasteiger partial charge in [0.1, 0.15) is 0 Å². The van der Waals surface area contributed by atoms with Crippen molar-refractivity contribution in [1.29, 1.82) is 0 Å². The maximum absolute atomic E-state index is 12.1. The zero-order valence-corrected chi connectivity index (χ0v) is 13.5. The SMILES string of the molecule is CC12CN3CCN(CC(C3)C1=NNC(=O)Nc1ccccc1)C2. The van der Waals surface area contributed by atoms with Crippen molar-refractivity contribution in [3.05, 3.63) is 30.3 Å². The van der Waals surface area contributed by atoms with E-state index in [1.807, 2.05) is 30.3 Å². The van der Waals surface area contributed by atoms with Crippen molar-refractivity contribution in [3.8, 4) is 0 Å². The lowest BCUT2D eigenvalue weighted by Gasteiger charge is -2.48. The number of amides is 2. The fourth-order valence-electron chi connectivity index (χ4n) is 4.32. The summed E-state index contributed by atoms with van der Waals surface area (Å²) in [7, 11) is 0. The molecule has 2 atom stereocenters. The highest BCUT2D eigenvalue weighted by Crippen LogP contribution is 2.37. The number of nitrogens with zero attached hydrogens (tertiary/aromatic N) is 3. The minimum Gasteiger partial charge on any atom is -0.307 e. The molecule has 4 bridgehead atoms. The van der Waals surface area contributed by atoms with Crippen LogP contribution in [0.1, 0.15) is 6.92 Å². The number of anilines is 1. The van der Waals surface area contributed by atoms with Gasteiger partial charge in [-0.2, -0.15) is 5.10 Å². The lowest BCUT2D eigenvalue weighted by Crippen LogP contribution is -2.60. The van der Waals surface area contributed by atoms with E-state index in [-0.39, 0.29) is 11.4 Å². The van der Waals surface area contributed by atoms with Crippen LogP contribution in [-0.2, 0) is 0 Å². The number of nitrogens with one attached hydrogen (secondary N) is 2. The van der Waals surface area contributed by atoms with E-state index >= 15 is 0 Å². The molecule has 4 aliphatic heterocycles. The second kappa shape index (κ2) is 5.62. The summed E-state index contributed by atoms with van der Waals surface area (Å²) < 4.78 is 0. The molecule has 4 heterocycles. The van der Waals surface area contributed by atoms with Crippen LogP contribution < -0.4 is 10.7 Å². The van der Waals surface area contributed by atoms with Gasteiger partial charge in [0.15, 0.2) is 0 Å². The third-order valence-electron chi connectivity index (χ3n) is 5.15. The monoisotopic (exact) mass is 313 g/mol. The van der Waals surface area contributed by atoms with Crippen LogP contribution in [-0.4, -0.2) is 60.8 Å². The fourth-order valence-corrected chi connectivity index (χ4v) is 4.32. The number of hydrazone groups is 1. The van der Waals surface area contributed by atoms with Gasteiger partial charge in [-0.1, -0.05) is 25.1 Å². The quantitative estimate of drug-likeness (QED) is 0.812. The number of hydrogen-bond acceptors (Lipinski definition) is 4. The lowest BCUT2D eigenvalue weighted by atomic mass is 9.72. The predicted molar refractivity (Wildman–Crippen MR) is 90.5 cm³/mol. The van der Waals surface area contributed by atoms with Gasteiger partial charge in [-0.05, 0) is 12.1 Å². The molecule has 2 N–H and O–H groups in total. The van der Waals surface area contributed by atoms with E-state index in [4.69, 9.17) is 0 Å². The average molecular weight is 313 g/mol. The van der Waals surface area contributed by atoms with Gasteiger partial charge in [0.25, 0.3) is 0 Å². The van der Waals surface area contributed by atoms with Crippen LogP contribution in [0.25, 0.3) is 0 Å². The Morgan fingerprint density at radius 1 is 1.17 bits per heavy atom. The molecule has 6 heteroatoms. The molecule has 1 aromatic carbocycles. The largest absolute Gasteiger partial charge is 0.339 e. The highest BCUT2D eigenvalue weighted by atomic mass is 16.2. The Labute approximate surface area is 136 Å². The molecule has 2 amide bonds. The number of para-hydroxylation sites is 1. The molecule has 0 radical (unpaired) electrons. The molecule has 4 aliphatic rings. The molecule has 0 saturated carbocycles. The van der Waals surface area contributed by atoms with E-state index in [0.29, 0.717) is 5.92 Å². The van der Waals surface area contributed by atoms with E-state index in [1.54, 1.807) is 0 Å².